The molecule has 4 rings (SSSR count). The van der Waals surface area contributed by atoms with E-state index < -0.39 is 11.8 Å². The van der Waals surface area contributed by atoms with Crippen molar-refractivity contribution in [2.24, 2.45) is 23.7 Å². The Balaban J connectivity index is 1.31. The molecule has 2 saturated carbocycles. The minimum Gasteiger partial charge on any atom is -0.459 e. The Morgan fingerprint density at radius 3 is 2.31 bits per heavy atom. The minimum atomic E-state index is -0.673. The van der Waals surface area contributed by atoms with E-state index in [0.717, 1.165) is 43.4 Å². The number of cyclic esters (lactones) is 1. The van der Waals surface area contributed by atoms with Crippen molar-refractivity contribution >= 4 is 11.8 Å². The molecule has 0 amide bonds. The van der Waals surface area contributed by atoms with E-state index >= 15 is 4.39 Å². The van der Waals surface area contributed by atoms with Crippen LogP contribution in [0, 0.1) is 29.5 Å². The van der Waals surface area contributed by atoms with Crippen LogP contribution in [0.4, 0.5) is 4.39 Å². The molecule has 1 heterocycles. The summed E-state index contributed by atoms with van der Waals surface area (Å²) in [7, 11) is 0. The Labute approximate surface area is 192 Å². The van der Waals surface area contributed by atoms with E-state index in [4.69, 9.17) is 4.74 Å². The Morgan fingerprint density at radius 2 is 1.66 bits per heavy atom. The molecule has 2 fully saturated rings. The van der Waals surface area contributed by atoms with Crippen LogP contribution in [-0.2, 0) is 11.2 Å². The number of carbonyl (C=O) groups is 2. The van der Waals surface area contributed by atoms with Gasteiger partial charge in [0.05, 0.1) is 11.1 Å². The van der Waals surface area contributed by atoms with E-state index in [0.29, 0.717) is 12.0 Å². The van der Waals surface area contributed by atoms with Crippen LogP contribution in [0.25, 0.3) is 0 Å². The van der Waals surface area contributed by atoms with Gasteiger partial charge in [-0.15, -0.1) is 0 Å². The summed E-state index contributed by atoms with van der Waals surface area (Å²) < 4.78 is 20.3. The van der Waals surface area contributed by atoms with Gasteiger partial charge in [-0.25, -0.2) is 9.18 Å². The number of ketones is 1. The summed E-state index contributed by atoms with van der Waals surface area (Å²) in [6, 6.07) is 3.33. The molecule has 2 aliphatic carbocycles. The summed E-state index contributed by atoms with van der Waals surface area (Å²) in [5, 5.41) is 0. The van der Waals surface area contributed by atoms with Gasteiger partial charge in [0.1, 0.15) is 11.9 Å². The zero-order valence-corrected chi connectivity index (χ0v) is 19.8. The average molecular weight is 443 g/mol. The van der Waals surface area contributed by atoms with Crippen molar-refractivity contribution in [3.8, 4) is 0 Å². The highest BCUT2D eigenvalue weighted by atomic mass is 19.1. The first-order valence-corrected chi connectivity index (χ1v) is 13.0. The number of carbonyl (C=O) groups excluding carboxylic acids is 2. The van der Waals surface area contributed by atoms with Crippen molar-refractivity contribution in [2.45, 2.75) is 103 Å². The average Bonchev–Trinajstić information content (AvgIpc) is 2.79. The summed E-state index contributed by atoms with van der Waals surface area (Å²) in [4.78, 5) is 25.3. The molecule has 0 bridgehead atoms. The maximum atomic E-state index is 15.1. The zero-order valence-electron chi connectivity index (χ0n) is 19.8. The molecular formula is C28H39FO3. The second kappa shape index (κ2) is 10.5. The summed E-state index contributed by atoms with van der Waals surface area (Å²) in [6.45, 7) is 4.07. The molecule has 4 heteroatoms. The number of unbranched alkanes of at least 4 members (excludes halogenated alkanes) is 2. The molecular weight excluding hydrogens is 403 g/mol. The minimum absolute atomic E-state index is 0.0293. The number of fused-ring (bicyclic) bond motifs is 1. The predicted octanol–water partition coefficient (Wildman–Crippen LogP) is 7.30. The van der Waals surface area contributed by atoms with Crippen LogP contribution in [0.2, 0.25) is 0 Å². The first-order valence-electron chi connectivity index (χ1n) is 13.0. The van der Waals surface area contributed by atoms with Crippen LogP contribution in [0.3, 0.4) is 0 Å². The largest absolute Gasteiger partial charge is 0.459 e. The normalized spacial score (nSPS) is 30.5. The lowest BCUT2D eigenvalue weighted by atomic mass is 9.68. The second-order valence-corrected chi connectivity index (χ2v) is 10.6. The molecule has 0 radical (unpaired) electrons. The lowest BCUT2D eigenvalue weighted by molar-refractivity contribution is 0.0294. The number of Topliss-reactive ketones (excluding diaryl/α,β-unsaturated/α-hetero) is 1. The van der Waals surface area contributed by atoms with Gasteiger partial charge in [-0.3, -0.25) is 4.79 Å². The molecule has 0 aromatic heterocycles. The van der Waals surface area contributed by atoms with Gasteiger partial charge in [0.25, 0.3) is 0 Å². The van der Waals surface area contributed by atoms with E-state index in [-0.39, 0.29) is 28.9 Å². The van der Waals surface area contributed by atoms with Crippen LogP contribution < -0.4 is 0 Å². The first kappa shape index (κ1) is 23.4. The van der Waals surface area contributed by atoms with Crippen molar-refractivity contribution in [3.05, 3.63) is 34.6 Å². The predicted molar refractivity (Wildman–Crippen MR) is 124 cm³/mol. The number of hydrogen-bond donors (Lipinski definition) is 0. The fourth-order valence-electron chi connectivity index (χ4n) is 6.49. The Morgan fingerprint density at radius 1 is 1.00 bits per heavy atom. The van der Waals surface area contributed by atoms with Gasteiger partial charge < -0.3 is 4.74 Å². The van der Waals surface area contributed by atoms with Gasteiger partial charge in [0, 0.05) is 12.3 Å². The molecule has 1 aromatic carbocycles. The smallest absolute Gasteiger partial charge is 0.341 e. The molecule has 0 spiro atoms. The van der Waals surface area contributed by atoms with Gasteiger partial charge in [-0.1, -0.05) is 51.5 Å². The summed E-state index contributed by atoms with van der Waals surface area (Å²) in [5.74, 6) is 0.897. The van der Waals surface area contributed by atoms with Gasteiger partial charge in [-0.05, 0) is 74.8 Å². The van der Waals surface area contributed by atoms with E-state index in [1.54, 1.807) is 19.1 Å². The fourth-order valence-corrected chi connectivity index (χ4v) is 6.49. The topological polar surface area (TPSA) is 43.4 Å². The number of ether oxygens (including phenoxy) is 1. The van der Waals surface area contributed by atoms with Crippen LogP contribution in [-0.4, -0.2) is 17.9 Å². The molecule has 1 unspecified atom stereocenters. The third kappa shape index (κ3) is 5.10. The number of hydrogen-bond acceptors (Lipinski definition) is 3. The highest BCUT2D eigenvalue weighted by Crippen LogP contribution is 2.43. The third-order valence-corrected chi connectivity index (χ3v) is 8.43. The number of benzene rings is 1. The van der Waals surface area contributed by atoms with Crippen molar-refractivity contribution in [1.82, 2.24) is 0 Å². The maximum absolute atomic E-state index is 15.1. The fraction of sp³-hybridized carbons (Fsp3) is 0.714. The molecule has 1 aliphatic heterocycles. The lowest BCUT2D eigenvalue weighted by Crippen LogP contribution is -2.30. The Kier molecular flexibility index (Phi) is 7.68. The summed E-state index contributed by atoms with van der Waals surface area (Å²) in [6.07, 6.45) is 15.0. The number of rotatable bonds is 7. The molecule has 0 saturated heterocycles. The second-order valence-electron chi connectivity index (χ2n) is 10.6. The lowest BCUT2D eigenvalue weighted by Gasteiger charge is -2.37. The van der Waals surface area contributed by atoms with E-state index in [9.17, 15) is 9.59 Å². The number of esters is 1. The first-order chi connectivity index (χ1) is 15.5. The standard InChI is InChI=1S/C28H39FO3/c1-3-4-5-6-19-7-9-20(10-8-19)21-11-13-22(14-12-21)27(30)24-16-15-23-17-18(2)32-28(31)25(23)26(24)29/h15-16,18-22H,3-14,17H2,1-2H3. The highest BCUT2D eigenvalue weighted by molar-refractivity contribution is 6.01. The third-order valence-electron chi connectivity index (χ3n) is 8.43. The Bertz CT molecular complexity index is 816. The molecule has 1 aromatic rings. The van der Waals surface area contributed by atoms with Crippen LogP contribution in [0.15, 0.2) is 12.1 Å². The summed E-state index contributed by atoms with van der Waals surface area (Å²) >= 11 is 0. The SMILES string of the molecule is CCCCCC1CCC(C2CCC(C(=O)c3ccc4c(c3F)C(=O)OC(C)C4)CC2)CC1. The van der Waals surface area contributed by atoms with Crippen molar-refractivity contribution in [2.75, 3.05) is 0 Å². The van der Waals surface area contributed by atoms with Gasteiger partial charge in [0.2, 0.25) is 0 Å². The van der Waals surface area contributed by atoms with Crippen molar-refractivity contribution in [3.63, 3.8) is 0 Å². The van der Waals surface area contributed by atoms with Crippen LogP contribution >= 0.6 is 0 Å². The molecule has 32 heavy (non-hydrogen) atoms. The number of halogens is 1. The van der Waals surface area contributed by atoms with Gasteiger partial charge >= 0.3 is 5.97 Å². The van der Waals surface area contributed by atoms with Crippen molar-refractivity contribution in [1.29, 1.82) is 0 Å². The van der Waals surface area contributed by atoms with E-state index in [1.807, 2.05) is 0 Å². The monoisotopic (exact) mass is 442 g/mol. The Hall–Kier alpha value is -1.71. The van der Waals surface area contributed by atoms with Crippen LogP contribution in [0.5, 0.6) is 0 Å². The van der Waals surface area contributed by atoms with Gasteiger partial charge in [0.15, 0.2) is 5.78 Å². The quantitative estimate of drug-likeness (QED) is 0.253. The van der Waals surface area contributed by atoms with E-state index in [2.05, 4.69) is 6.92 Å². The van der Waals surface area contributed by atoms with Crippen LogP contribution in [0.1, 0.15) is 117 Å². The molecule has 0 N–H and O–H groups in total. The van der Waals surface area contributed by atoms with Gasteiger partial charge in [-0.2, -0.15) is 0 Å². The highest BCUT2D eigenvalue weighted by Gasteiger charge is 2.35. The summed E-state index contributed by atoms with van der Waals surface area (Å²) in [5.41, 5.74) is 0.696. The van der Waals surface area contributed by atoms with E-state index in [1.165, 1.54) is 51.4 Å². The zero-order chi connectivity index (χ0) is 22.7. The molecule has 3 nitrogen and oxygen atoms in total. The maximum Gasteiger partial charge on any atom is 0.341 e. The molecule has 1 atom stereocenters. The molecule has 176 valence electrons. The van der Waals surface area contributed by atoms with Crippen molar-refractivity contribution < 1.29 is 18.7 Å². The molecule has 3 aliphatic rings.